The molecular weight excluding hydrogens is 250 g/mol. The van der Waals surface area contributed by atoms with Crippen LogP contribution in [0.3, 0.4) is 0 Å². The fourth-order valence-electron chi connectivity index (χ4n) is 1.88. The average Bonchev–Trinajstić information content (AvgIpc) is 2.37. The van der Waals surface area contributed by atoms with Gasteiger partial charge in [0.2, 0.25) is 0 Å². The highest BCUT2D eigenvalue weighted by Gasteiger charge is 2.19. The number of carboxylic acid groups (broad SMARTS) is 2. The number of rotatable bonds is 3. The monoisotopic (exact) mass is 257 g/mol. The van der Waals surface area contributed by atoms with E-state index in [1.54, 1.807) is 0 Å². The molecule has 0 amide bonds. The van der Waals surface area contributed by atoms with Gasteiger partial charge in [-0.05, 0) is 23.6 Å². The lowest BCUT2D eigenvalue weighted by Crippen LogP contribution is -2.04. The van der Waals surface area contributed by atoms with E-state index in [2.05, 4.69) is 4.74 Å². The van der Waals surface area contributed by atoms with Crippen LogP contribution >= 0.6 is 0 Å². The van der Waals surface area contributed by atoms with E-state index >= 15 is 0 Å². The summed E-state index contributed by atoms with van der Waals surface area (Å²) < 4.78 is 4.58. The van der Waals surface area contributed by atoms with Gasteiger partial charge in [-0.3, -0.25) is 0 Å². The number of fused-ring (bicyclic) bond motifs is 1. The molecule has 0 bridgehead atoms. The van der Waals surface area contributed by atoms with E-state index in [1.165, 1.54) is 36.6 Å². The summed E-state index contributed by atoms with van der Waals surface area (Å²) in [5.74, 6) is -2.57. The van der Waals surface area contributed by atoms with Gasteiger partial charge in [0.05, 0.1) is 5.56 Å². The van der Waals surface area contributed by atoms with E-state index in [-0.39, 0.29) is 27.6 Å². The van der Waals surface area contributed by atoms with Crippen LogP contribution in [0.4, 0.5) is 0 Å². The average molecular weight is 257 g/mol. The molecule has 6 nitrogen and oxygen atoms in total. The van der Waals surface area contributed by atoms with Gasteiger partial charge in [-0.15, -0.1) is 5.26 Å². The zero-order chi connectivity index (χ0) is 14.0. The third-order valence-corrected chi connectivity index (χ3v) is 2.62. The minimum Gasteiger partial charge on any atom is -0.478 e. The number of aromatic carboxylic acids is 2. The van der Waals surface area contributed by atoms with Crippen molar-refractivity contribution in [2.24, 2.45) is 0 Å². The van der Waals surface area contributed by atoms with Crippen LogP contribution in [0.5, 0.6) is 5.75 Å². The Kier molecular flexibility index (Phi) is 3.04. The third-order valence-electron chi connectivity index (χ3n) is 2.62. The van der Waals surface area contributed by atoms with Crippen LogP contribution in [0.1, 0.15) is 20.7 Å². The van der Waals surface area contributed by atoms with Gasteiger partial charge in [0.15, 0.2) is 5.75 Å². The summed E-state index contributed by atoms with van der Waals surface area (Å²) in [6, 6.07) is 6.96. The number of hydrogen-bond donors (Lipinski definition) is 2. The number of ether oxygens (including phenoxy) is 1. The summed E-state index contributed by atoms with van der Waals surface area (Å²) in [5.41, 5.74) is -0.245. The highest BCUT2D eigenvalue weighted by molar-refractivity contribution is 6.12. The van der Waals surface area contributed by atoms with Gasteiger partial charge in [-0.25, -0.2) is 9.59 Å². The second-order valence-electron chi connectivity index (χ2n) is 3.64. The van der Waals surface area contributed by atoms with Gasteiger partial charge in [0, 0.05) is 5.39 Å². The van der Waals surface area contributed by atoms with E-state index in [0.29, 0.717) is 0 Å². The molecule has 0 atom stereocenters. The Balaban J connectivity index is 2.87. The van der Waals surface area contributed by atoms with Crippen molar-refractivity contribution in [3.63, 3.8) is 0 Å². The second kappa shape index (κ2) is 4.66. The molecule has 2 rings (SSSR count). The molecule has 19 heavy (non-hydrogen) atoms. The predicted molar refractivity (Wildman–Crippen MR) is 64.1 cm³/mol. The number of carboxylic acids is 2. The normalized spacial score (nSPS) is 9.84. The molecule has 2 N–H and O–H groups in total. The number of nitriles is 1. The Morgan fingerprint density at radius 3 is 2.37 bits per heavy atom. The lowest BCUT2D eigenvalue weighted by molar-refractivity contribution is 0.0685. The Labute approximate surface area is 107 Å². The van der Waals surface area contributed by atoms with Crippen LogP contribution in [0.25, 0.3) is 10.8 Å². The summed E-state index contributed by atoms with van der Waals surface area (Å²) in [5, 5.41) is 27.2. The molecule has 0 saturated heterocycles. The highest BCUT2D eigenvalue weighted by Crippen LogP contribution is 2.30. The maximum Gasteiger partial charge on any atom is 0.340 e. The minimum absolute atomic E-state index is 0.0106. The van der Waals surface area contributed by atoms with Crippen LogP contribution in [-0.4, -0.2) is 22.2 Å². The van der Waals surface area contributed by atoms with Crippen molar-refractivity contribution in [3.8, 4) is 12.0 Å². The van der Waals surface area contributed by atoms with Crippen molar-refractivity contribution >= 4 is 22.7 Å². The highest BCUT2D eigenvalue weighted by atomic mass is 16.5. The van der Waals surface area contributed by atoms with Gasteiger partial charge in [-0.2, -0.15) is 0 Å². The Bertz CT molecular complexity index is 730. The molecule has 0 fully saturated rings. The zero-order valence-electron chi connectivity index (χ0n) is 9.45. The minimum atomic E-state index is -1.29. The maximum atomic E-state index is 11.3. The number of benzene rings is 2. The van der Waals surface area contributed by atoms with E-state index in [1.807, 2.05) is 0 Å². The first kappa shape index (κ1) is 12.4. The molecule has 2 aromatic rings. The van der Waals surface area contributed by atoms with Crippen molar-refractivity contribution in [2.45, 2.75) is 0 Å². The van der Waals surface area contributed by atoms with Gasteiger partial charge in [-0.1, -0.05) is 12.1 Å². The van der Waals surface area contributed by atoms with Crippen molar-refractivity contribution in [1.82, 2.24) is 0 Å². The van der Waals surface area contributed by atoms with Crippen molar-refractivity contribution in [1.29, 1.82) is 5.26 Å². The molecular formula is C13H7NO5. The maximum absolute atomic E-state index is 11.3. The summed E-state index contributed by atoms with van der Waals surface area (Å²) in [6.45, 7) is 0. The third kappa shape index (κ3) is 2.05. The lowest BCUT2D eigenvalue weighted by atomic mass is 9.99. The molecule has 0 aromatic heterocycles. The smallest absolute Gasteiger partial charge is 0.340 e. The number of hydrogen-bond acceptors (Lipinski definition) is 4. The van der Waals surface area contributed by atoms with Crippen LogP contribution in [-0.2, 0) is 0 Å². The summed E-state index contributed by atoms with van der Waals surface area (Å²) >= 11 is 0. The molecule has 0 saturated carbocycles. The number of carbonyl (C=O) groups is 2. The Hall–Kier alpha value is -3.07. The summed E-state index contributed by atoms with van der Waals surface area (Å²) in [7, 11) is 0. The molecule has 0 radical (unpaired) electrons. The first-order valence-corrected chi connectivity index (χ1v) is 5.14. The molecule has 0 aliphatic rings. The predicted octanol–water partition coefficient (Wildman–Crippen LogP) is 2.10. The van der Waals surface area contributed by atoms with Gasteiger partial charge in [0.25, 0.3) is 6.26 Å². The first-order chi connectivity index (χ1) is 9.06. The lowest BCUT2D eigenvalue weighted by Gasteiger charge is -2.08. The van der Waals surface area contributed by atoms with E-state index in [4.69, 9.17) is 10.4 Å². The fourth-order valence-corrected chi connectivity index (χ4v) is 1.88. The molecule has 2 aromatic carbocycles. The standard InChI is InChI=1S/C13H7NO5/c14-6-19-10-5-4-7-8(11(10)13(17)18)2-1-3-9(7)12(15)16/h1-5H,(H,15,16)(H,17,18). The molecule has 6 heteroatoms. The summed E-state index contributed by atoms with van der Waals surface area (Å²) in [6.07, 6.45) is 1.40. The molecule has 0 aliphatic heterocycles. The second-order valence-corrected chi connectivity index (χ2v) is 3.64. The van der Waals surface area contributed by atoms with Crippen molar-refractivity contribution in [2.75, 3.05) is 0 Å². The van der Waals surface area contributed by atoms with Crippen LogP contribution in [0.2, 0.25) is 0 Å². The molecule has 0 unspecified atom stereocenters. The van der Waals surface area contributed by atoms with Gasteiger partial charge >= 0.3 is 11.9 Å². The Morgan fingerprint density at radius 1 is 1.05 bits per heavy atom. The Morgan fingerprint density at radius 2 is 1.79 bits per heavy atom. The first-order valence-electron chi connectivity index (χ1n) is 5.14. The molecule has 94 valence electrons. The molecule has 0 spiro atoms. The van der Waals surface area contributed by atoms with E-state index in [9.17, 15) is 14.7 Å². The number of nitrogens with zero attached hydrogens (tertiary/aromatic N) is 1. The van der Waals surface area contributed by atoms with Crippen LogP contribution in [0.15, 0.2) is 30.3 Å². The van der Waals surface area contributed by atoms with Crippen LogP contribution in [0, 0.1) is 11.5 Å². The van der Waals surface area contributed by atoms with Crippen LogP contribution < -0.4 is 4.74 Å². The quantitative estimate of drug-likeness (QED) is 0.815. The summed E-state index contributed by atoms with van der Waals surface area (Å²) in [4.78, 5) is 22.3. The zero-order valence-corrected chi connectivity index (χ0v) is 9.45. The SMILES string of the molecule is N#COc1ccc2c(C(=O)O)cccc2c1C(=O)O. The van der Waals surface area contributed by atoms with E-state index in [0.717, 1.165) is 0 Å². The molecule has 0 heterocycles. The van der Waals surface area contributed by atoms with Gasteiger partial charge < -0.3 is 14.9 Å². The topological polar surface area (TPSA) is 108 Å². The van der Waals surface area contributed by atoms with Gasteiger partial charge in [0.1, 0.15) is 5.56 Å². The fraction of sp³-hybridized carbons (Fsp3) is 0. The molecule has 0 aliphatic carbocycles. The van der Waals surface area contributed by atoms with Crippen molar-refractivity contribution < 1.29 is 24.5 Å². The van der Waals surface area contributed by atoms with E-state index < -0.39 is 11.9 Å². The largest absolute Gasteiger partial charge is 0.478 e. The van der Waals surface area contributed by atoms with Crippen molar-refractivity contribution in [3.05, 3.63) is 41.5 Å².